The highest BCUT2D eigenvalue weighted by Gasteiger charge is 2.16. The fourth-order valence-electron chi connectivity index (χ4n) is 3.06. The molecule has 2 aromatic heterocycles. The first kappa shape index (κ1) is 23.7. The molecule has 0 saturated carbocycles. The number of hydrogen-bond acceptors (Lipinski definition) is 4. The van der Waals surface area contributed by atoms with Crippen LogP contribution in [0.3, 0.4) is 0 Å². The summed E-state index contributed by atoms with van der Waals surface area (Å²) in [5.41, 5.74) is 11.3. The molecule has 0 aromatic carbocycles. The number of aryl methyl sites for hydroxylation is 2. The van der Waals surface area contributed by atoms with Gasteiger partial charge in [0.05, 0.1) is 11.4 Å². The van der Waals surface area contributed by atoms with Crippen molar-refractivity contribution in [1.29, 1.82) is 0 Å². The highest BCUT2D eigenvalue weighted by atomic mass is 35.5. The van der Waals surface area contributed by atoms with E-state index >= 15 is 0 Å². The number of halogens is 2. The summed E-state index contributed by atoms with van der Waals surface area (Å²) in [5.74, 6) is 0.571. The number of aromatic nitrogens is 4. The normalized spacial score (nSPS) is 10.2. The van der Waals surface area contributed by atoms with E-state index in [0.717, 1.165) is 40.9 Å². The molecule has 2 N–H and O–H groups in total. The Morgan fingerprint density at radius 1 is 1.00 bits per heavy atom. The van der Waals surface area contributed by atoms with Crippen molar-refractivity contribution in [3.63, 3.8) is 0 Å². The lowest BCUT2D eigenvalue weighted by Crippen LogP contribution is -2.05. The van der Waals surface area contributed by atoms with Crippen molar-refractivity contribution < 1.29 is 0 Å². The number of nitrogen functional groups attached to an aromatic ring is 1. The Hall–Kier alpha value is -1.33. The first-order valence-corrected chi connectivity index (χ1v) is 8.66. The minimum atomic E-state index is 0. The van der Waals surface area contributed by atoms with Gasteiger partial charge in [0.2, 0.25) is 0 Å². The van der Waals surface area contributed by atoms with Crippen LogP contribution in [0, 0.1) is 13.8 Å². The Bertz CT molecular complexity index is 655. The predicted octanol–water partition coefficient (Wildman–Crippen LogP) is 4.82. The van der Waals surface area contributed by atoms with Crippen LogP contribution >= 0.6 is 24.8 Å². The molecule has 2 heterocycles. The van der Waals surface area contributed by atoms with Gasteiger partial charge in [-0.1, -0.05) is 39.0 Å². The third-order valence-electron chi connectivity index (χ3n) is 4.42. The Balaban J connectivity index is 0.00000288. The average molecular weight is 388 g/mol. The molecule has 0 aliphatic carbocycles. The molecule has 0 bridgehead atoms. The minimum absolute atomic E-state index is 0. The fourth-order valence-corrected chi connectivity index (χ4v) is 3.06. The van der Waals surface area contributed by atoms with Crippen molar-refractivity contribution in [2.24, 2.45) is 7.05 Å². The van der Waals surface area contributed by atoms with Gasteiger partial charge in [-0.05, 0) is 32.3 Å². The fraction of sp³-hybridized carbons (Fsp3) is 0.611. The third-order valence-corrected chi connectivity index (χ3v) is 4.42. The second-order valence-electron chi connectivity index (χ2n) is 6.36. The first-order chi connectivity index (χ1) is 11.0. The number of anilines is 1. The van der Waals surface area contributed by atoms with Crippen molar-refractivity contribution in [3.05, 3.63) is 23.0 Å². The van der Waals surface area contributed by atoms with Gasteiger partial charge >= 0.3 is 0 Å². The molecule has 0 aliphatic heterocycles. The predicted molar refractivity (Wildman–Crippen MR) is 110 cm³/mol. The molecule has 5 nitrogen and oxygen atoms in total. The topological polar surface area (TPSA) is 69.6 Å². The van der Waals surface area contributed by atoms with Crippen LogP contribution in [0.2, 0.25) is 0 Å². The van der Waals surface area contributed by atoms with Gasteiger partial charge < -0.3 is 5.73 Å². The quantitative estimate of drug-likeness (QED) is 0.658. The van der Waals surface area contributed by atoms with Crippen LogP contribution in [0.4, 0.5) is 5.82 Å². The number of unbranched alkanes of at least 4 members (excludes halogenated alkanes) is 5. The van der Waals surface area contributed by atoms with E-state index < -0.39 is 0 Å². The van der Waals surface area contributed by atoms with Crippen LogP contribution in [-0.2, 0) is 13.5 Å². The molecular weight excluding hydrogens is 357 g/mol. The smallest absolute Gasteiger partial charge is 0.149 e. The van der Waals surface area contributed by atoms with E-state index in [4.69, 9.17) is 5.73 Å². The summed E-state index contributed by atoms with van der Waals surface area (Å²) in [6.07, 6.45) is 10.6. The molecule has 2 aromatic rings. The van der Waals surface area contributed by atoms with Crippen LogP contribution in [0.1, 0.15) is 62.3 Å². The van der Waals surface area contributed by atoms with Crippen molar-refractivity contribution in [1.82, 2.24) is 20.0 Å². The standard InChI is InChI=1S/C18H29N5.2ClH/c1-5-6-7-8-9-10-11-15-13(2)17(20-21-18(15)19)16-12-23(4)22-14(16)3;;/h12H,5-11H2,1-4H3,(H2,19,21);2*1H. The number of rotatable bonds is 8. The molecule has 0 radical (unpaired) electrons. The van der Waals surface area contributed by atoms with E-state index in [0.29, 0.717) is 5.82 Å². The number of nitrogens with zero attached hydrogens (tertiary/aromatic N) is 4. The van der Waals surface area contributed by atoms with E-state index in [1.807, 2.05) is 24.9 Å². The molecule has 0 spiro atoms. The Kier molecular flexibility index (Phi) is 10.7. The lowest BCUT2D eigenvalue weighted by molar-refractivity contribution is 0.606. The highest BCUT2D eigenvalue weighted by molar-refractivity contribution is 5.85. The maximum atomic E-state index is 6.08. The maximum absolute atomic E-state index is 6.08. The van der Waals surface area contributed by atoms with Crippen molar-refractivity contribution >= 4 is 30.6 Å². The molecule has 0 aliphatic rings. The first-order valence-electron chi connectivity index (χ1n) is 8.66. The molecule has 7 heteroatoms. The second-order valence-corrected chi connectivity index (χ2v) is 6.36. The summed E-state index contributed by atoms with van der Waals surface area (Å²) >= 11 is 0. The van der Waals surface area contributed by atoms with Gasteiger partial charge in [0, 0.05) is 24.4 Å². The zero-order valence-corrected chi connectivity index (χ0v) is 17.3. The molecular formula is C18H31Cl2N5. The van der Waals surface area contributed by atoms with Gasteiger partial charge in [-0.3, -0.25) is 4.68 Å². The molecule has 0 atom stereocenters. The van der Waals surface area contributed by atoms with Gasteiger partial charge in [0.15, 0.2) is 0 Å². The van der Waals surface area contributed by atoms with E-state index in [-0.39, 0.29) is 24.8 Å². The average Bonchev–Trinajstić information content (AvgIpc) is 2.84. The monoisotopic (exact) mass is 387 g/mol. The van der Waals surface area contributed by atoms with Crippen molar-refractivity contribution in [2.75, 3.05) is 5.73 Å². The summed E-state index contributed by atoms with van der Waals surface area (Å²) in [6, 6.07) is 0. The molecule has 0 saturated heterocycles. The van der Waals surface area contributed by atoms with E-state index in [1.54, 1.807) is 0 Å². The Morgan fingerprint density at radius 2 is 1.64 bits per heavy atom. The van der Waals surface area contributed by atoms with E-state index in [1.165, 1.54) is 32.1 Å². The van der Waals surface area contributed by atoms with Gasteiger partial charge in [0.25, 0.3) is 0 Å². The van der Waals surface area contributed by atoms with Gasteiger partial charge in [-0.25, -0.2) is 0 Å². The van der Waals surface area contributed by atoms with Crippen LogP contribution in [0.5, 0.6) is 0 Å². The van der Waals surface area contributed by atoms with Crippen molar-refractivity contribution in [2.45, 2.75) is 65.7 Å². The molecule has 142 valence electrons. The number of hydrogen-bond donors (Lipinski definition) is 1. The summed E-state index contributed by atoms with van der Waals surface area (Å²) in [4.78, 5) is 0. The zero-order valence-electron chi connectivity index (χ0n) is 15.7. The Labute approximate surface area is 163 Å². The Morgan fingerprint density at radius 3 is 2.24 bits per heavy atom. The van der Waals surface area contributed by atoms with Gasteiger partial charge in [-0.2, -0.15) is 5.10 Å². The van der Waals surface area contributed by atoms with Crippen molar-refractivity contribution in [3.8, 4) is 11.3 Å². The molecule has 0 amide bonds. The van der Waals surface area contributed by atoms with Crippen LogP contribution in [0.25, 0.3) is 11.3 Å². The molecule has 25 heavy (non-hydrogen) atoms. The second kappa shape index (κ2) is 11.3. The van der Waals surface area contributed by atoms with E-state index in [2.05, 4.69) is 29.1 Å². The maximum Gasteiger partial charge on any atom is 0.149 e. The lowest BCUT2D eigenvalue weighted by Gasteiger charge is -2.11. The van der Waals surface area contributed by atoms with Crippen LogP contribution < -0.4 is 5.73 Å². The summed E-state index contributed by atoms with van der Waals surface area (Å²) < 4.78 is 1.82. The van der Waals surface area contributed by atoms with E-state index in [9.17, 15) is 0 Å². The van der Waals surface area contributed by atoms with Gasteiger partial charge in [-0.15, -0.1) is 35.0 Å². The molecule has 0 fully saturated rings. The van der Waals surface area contributed by atoms with Crippen LogP contribution in [0.15, 0.2) is 6.20 Å². The summed E-state index contributed by atoms with van der Waals surface area (Å²) in [7, 11) is 1.92. The highest BCUT2D eigenvalue weighted by Crippen LogP contribution is 2.28. The van der Waals surface area contributed by atoms with Gasteiger partial charge in [0.1, 0.15) is 5.82 Å². The number of nitrogens with two attached hydrogens (primary N) is 1. The summed E-state index contributed by atoms with van der Waals surface area (Å²) in [5, 5.41) is 12.9. The minimum Gasteiger partial charge on any atom is -0.382 e. The molecule has 2 rings (SSSR count). The molecule has 0 unspecified atom stereocenters. The van der Waals surface area contributed by atoms with Crippen LogP contribution in [-0.4, -0.2) is 20.0 Å². The lowest BCUT2D eigenvalue weighted by atomic mass is 9.98. The third kappa shape index (κ3) is 6.15. The zero-order chi connectivity index (χ0) is 16.8. The largest absolute Gasteiger partial charge is 0.382 e. The SMILES string of the molecule is CCCCCCCCc1c(N)nnc(-c2cn(C)nc2C)c1C.Cl.Cl. The summed E-state index contributed by atoms with van der Waals surface area (Å²) in [6.45, 7) is 6.34.